The zero-order valence-corrected chi connectivity index (χ0v) is 19.0. The number of Topliss-reactive ketones (excluding diaryl/α,β-unsaturated/α-hetero) is 1. The Kier molecular flexibility index (Phi) is 5.04. The number of rotatable bonds is 5. The van der Waals surface area contributed by atoms with Crippen molar-refractivity contribution >= 4 is 28.7 Å². The number of hydrogen-bond donors (Lipinski definition) is 2. The summed E-state index contributed by atoms with van der Waals surface area (Å²) in [4.78, 5) is 23.4. The van der Waals surface area contributed by atoms with Crippen LogP contribution < -0.4 is 5.73 Å². The molecule has 0 radical (unpaired) electrons. The fraction of sp³-hybridized carbons (Fsp3) is 0.269. The molecule has 172 valence electrons. The number of H-pyrrole nitrogens is 1. The first-order valence-corrected chi connectivity index (χ1v) is 11.5. The molecule has 3 N–H and O–H groups in total. The summed E-state index contributed by atoms with van der Waals surface area (Å²) in [5.74, 6) is 1.11. The van der Waals surface area contributed by atoms with Crippen molar-refractivity contribution in [2.24, 2.45) is 0 Å². The van der Waals surface area contributed by atoms with E-state index in [0.29, 0.717) is 17.8 Å². The van der Waals surface area contributed by atoms with Crippen molar-refractivity contribution < 1.29 is 9.53 Å². The van der Waals surface area contributed by atoms with Crippen molar-refractivity contribution in [2.45, 2.75) is 19.9 Å². The number of anilines is 1. The highest BCUT2D eigenvalue weighted by atomic mass is 16.5. The predicted octanol–water partition coefficient (Wildman–Crippen LogP) is 3.29. The normalized spacial score (nSPS) is 16.1. The lowest BCUT2D eigenvalue weighted by Crippen LogP contribution is -2.35. The van der Waals surface area contributed by atoms with Crippen LogP contribution in [0.3, 0.4) is 0 Å². The number of nitrogen functional groups attached to an aromatic ring is 1. The van der Waals surface area contributed by atoms with Crippen LogP contribution in [0, 0.1) is 6.92 Å². The van der Waals surface area contributed by atoms with Gasteiger partial charge >= 0.3 is 0 Å². The van der Waals surface area contributed by atoms with Gasteiger partial charge in [0.15, 0.2) is 5.78 Å². The van der Waals surface area contributed by atoms with E-state index < -0.39 is 0 Å². The number of ketones is 1. The number of carbonyl (C=O) groups excluding carboxylic acids is 1. The second-order valence-electron chi connectivity index (χ2n) is 8.98. The van der Waals surface area contributed by atoms with E-state index in [-0.39, 0.29) is 5.78 Å². The van der Waals surface area contributed by atoms with Crippen molar-refractivity contribution in [3.8, 4) is 5.69 Å². The summed E-state index contributed by atoms with van der Waals surface area (Å²) in [5, 5.41) is 4.41. The predicted molar refractivity (Wildman–Crippen MR) is 131 cm³/mol. The van der Waals surface area contributed by atoms with Crippen LogP contribution >= 0.6 is 0 Å². The van der Waals surface area contributed by atoms with Gasteiger partial charge in [-0.3, -0.25) is 9.69 Å². The molecule has 34 heavy (non-hydrogen) atoms. The fourth-order valence-electron chi connectivity index (χ4n) is 4.81. The SMILES string of the molecule is Cc1nc2ccc(-n3ncc(C(=O)C4=Cc5cc(CN6CCOCC6)ccc5C4)c3N)cc2[nH]1. The summed E-state index contributed by atoms with van der Waals surface area (Å²) in [7, 11) is 0. The summed E-state index contributed by atoms with van der Waals surface area (Å²) in [6, 6.07) is 12.3. The van der Waals surface area contributed by atoms with Crippen LogP contribution in [0.4, 0.5) is 5.82 Å². The molecule has 3 heterocycles. The molecule has 1 fully saturated rings. The maximum Gasteiger partial charge on any atom is 0.194 e. The van der Waals surface area contributed by atoms with Gasteiger partial charge in [0.05, 0.1) is 41.7 Å². The molecule has 2 aromatic heterocycles. The molecule has 4 aromatic rings. The third-order valence-electron chi connectivity index (χ3n) is 6.60. The van der Waals surface area contributed by atoms with E-state index >= 15 is 0 Å². The number of carbonyl (C=O) groups is 1. The largest absolute Gasteiger partial charge is 0.383 e. The summed E-state index contributed by atoms with van der Waals surface area (Å²) in [6.45, 7) is 6.28. The minimum Gasteiger partial charge on any atom is -0.383 e. The van der Waals surface area contributed by atoms with Crippen molar-refractivity contribution in [3.05, 3.63) is 76.2 Å². The number of nitrogens with two attached hydrogens (primary N) is 1. The Hall–Kier alpha value is -3.75. The highest BCUT2D eigenvalue weighted by Crippen LogP contribution is 2.30. The molecule has 6 rings (SSSR count). The molecule has 2 aliphatic rings. The van der Waals surface area contributed by atoms with Crippen molar-refractivity contribution in [1.29, 1.82) is 0 Å². The molecule has 0 atom stereocenters. The minimum absolute atomic E-state index is 0.0758. The Morgan fingerprint density at radius 1 is 1.18 bits per heavy atom. The van der Waals surface area contributed by atoms with Gasteiger partial charge in [-0.15, -0.1) is 0 Å². The average molecular weight is 455 g/mol. The molecule has 0 bridgehead atoms. The van der Waals surface area contributed by atoms with Crippen LogP contribution in [0.15, 0.2) is 48.2 Å². The van der Waals surface area contributed by atoms with Gasteiger partial charge < -0.3 is 15.5 Å². The van der Waals surface area contributed by atoms with E-state index in [2.05, 4.69) is 38.2 Å². The van der Waals surface area contributed by atoms with Gasteiger partial charge in [-0.1, -0.05) is 18.2 Å². The number of nitrogens with one attached hydrogen (secondary N) is 1. The van der Waals surface area contributed by atoms with Gasteiger partial charge in [-0.2, -0.15) is 5.10 Å². The van der Waals surface area contributed by atoms with Gasteiger partial charge in [0, 0.05) is 31.6 Å². The Morgan fingerprint density at radius 2 is 2.03 bits per heavy atom. The zero-order chi connectivity index (χ0) is 23.2. The quantitative estimate of drug-likeness (QED) is 0.449. The average Bonchev–Trinajstić information content (AvgIpc) is 3.54. The van der Waals surface area contributed by atoms with Crippen LogP contribution in [-0.4, -0.2) is 56.7 Å². The molecular formula is C26H26N6O2. The van der Waals surface area contributed by atoms with Crippen molar-refractivity contribution in [1.82, 2.24) is 24.6 Å². The Labute approximate surface area is 197 Å². The Bertz CT molecular complexity index is 1440. The number of aryl methyl sites for hydroxylation is 1. The number of aromatic amines is 1. The molecular weight excluding hydrogens is 428 g/mol. The first kappa shape index (κ1) is 20.8. The van der Waals surface area contributed by atoms with Crippen LogP contribution in [-0.2, 0) is 17.7 Å². The van der Waals surface area contributed by atoms with Gasteiger partial charge in [-0.25, -0.2) is 9.67 Å². The first-order valence-electron chi connectivity index (χ1n) is 11.5. The molecule has 1 saturated heterocycles. The van der Waals surface area contributed by atoms with E-state index in [0.717, 1.165) is 66.5 Å². The van der Waals surface area contributed by atoms with Gasteiger partial charge in [-0.05, 0) is 47.9 Å². The number of morpholine rings is 1. The van der Waals surface area contributed by atoms with Crippen LogP contribution in [0.1, 0.15) is 32.9 Å². The topological polar surface area (TPSA) is 102 Å². The number of hydrogen-bond acceptors (Lipinski definition) is 6. The van der Waals surface area contributed by atoms with Crippen molar-refractivity contribution in [2.75, 3.05) is 32.0 Å². The lowest BCUT2D eigenvalue weighted by atomic mass is 10.0. The van der Waals surface area contributed by atoms with Gasteiger partial charge in [0.25, 0.3) is 0 Å². The van der Waals surface area contributed by atoms with Gasteiger partial charge in [0.1, 0.15) is 11.6 Å². The number of nitrogens with zero attached hydrogens (tertiary/aromatic N) is 4. The summed E-state index contributed by atoms with van der Waals surface area (Å²) in [6.07, 6.45) is 4.17. The van der Waals surface area contributed by atoms with E-state index in [9.17, 15) is 4.79 Å². The number of fused-ring (bicyclic) bond motifs is 2. The highest BCUT2D eigenvalue weighted by Gasteiger charge is 2.24. The smallest absolute Gasteiger partial charge is 0.194 e. The molecule has 0 amide bonds. The number of aromatic nitrogens is 4. The van der Waals surface area contributed by atoms with Crippen LogP contribution in [0.5, 0.6) is 0 Å². The standard InChI is InChI=1S/C26H26N6O2/c1-16-29-23-5-4-21(13-24(23)30-16)32-26(27)22(14-28-32)25(33)20-11-18-3-2-17(10-19(18)12-20)15-31-6-8-34-9-7-31/h2-5,10,12-14H,6-9,11,15,27H2,1H3,(H,29,30). The summed E-state index contributed by atoms with van der Waals surface area (Å²) >= 11 is 0. The Balaban J connectivity index is 1.24. The summed E-state index contributed by atoms with van der Waals surface area (Å²) in [5.41, 5.74) is 13.7. The number of benzene rings is 2. The van der Waals surface area contributed by atoms with Crippen LogP contribution in [0.25, 0.3) is 22.8 Å². The van der Waals surface area contributed by atoms with E-state index in [1.807, 2.05) is 31.2 Å². The highest BCUT2D eigenvalue weighted by molar-refractivity contribution is 6.15. The van der Waals surface area contributed by atoms with E-state index in [4.69, 9.17) is 10.5 Å². The van der Waals surface area contributed by atoms with E-state index in [1.54, 1.807) is 10.9 Å². The zero-order valence-electron chi connectivity index (χ0n) is 19.0. The molecule has 0 unspecified atom stereocenters. The monoisotopic (exact) mass is 454 g/mol. The molecule has 8 heteroatoms. The molecule has 1 aliphatic heterocycles. The molecule has 0 saturated carbocycles. The molecule has 8 nitrogen and oxygen atoms in total. The maximum atomic E-state index is 13.4. The van der Waals surface area contributed by atoms with E-state index in [1.165, 1.54) is 11.1 Å². The lowest BCUT2D eigenvalue weighted by Gasteiger charge is -2.26. The van der Waals surface area contributed by atoms with Crippen LogP contribution in [0.2, 0.25) is 0 Å². The number of allylic oxidation sites excluding steroid dienone is 1. The molecule has 1 aliphatic carbocycles. The second-order valence-corrected chi connectivity index (χ2v) is 8.98. The maximum absolute atomic E-state index is 13.4. The van der Waals surface area contributed by atoms with Crippen molar-refractivity contribution in [3.63, 3.8) is 0 Å². The second kappa shape index (κ2) is 8.23. The number of ether oxygens (including phenoxy) is 1. The lowest BCUT2D eigenvalue weighted by molar-refractivity contribution is 0.0342. The Morgan fingerprint density at radius 3 is 2.88 bits per heavy atom. The fourth-order valence-corrected chi connectivity index (χ4v) is 4.81. The molecule has 2 aromatic carbocycles. The first-order chi connectivity index (χ1) is 16.5. The third kappa shape index (κ3) is 3.70. The van der Waals surface area contributed by atoms with Gasteiger partial charge in [0.2, 0.25) is 0 Å². The minimum atomic E-state index is -0.0758. The summed E-state index contributed by atoms with van der Waals surface area (Å²) < 4.78 is 7.05. The molecule has 0 spiro atoms. The number of imidazole rings is 1. The third-order valence-corrected chi connectivity index (χ3v) is 6.60.